The van der Waals surface area contributed by atoms with E-state index in [0.29, 0.717) is 6.04 Å². The maximum absolute atomic E-state index is 12.7. The summed E-state index contributed by atoms with van der Waals surface area (Å²) in [5.74, 6) is 0.143. The van der Waals surface area contributed by atoms with E-state index in [1.807, 2.05) is 11.0 Å². The Morgan fingerprint density at radius 3 is 2.89 bits per heavy atom. The van der Waals surface area contributed by atoms with Crippen molar-refractivity contribution in [2.75, 3.05) is 19.6 Å². The van der Waals surface area contributed by atoms with Crippen molar-refractivity contribution in [1.29, 1.82) is 0 Å². The van der Waals surface area contributed by atoms with Gasteiger partial charge in [-0.25, -0.2) is 0 Å². The SMILES string of the molecule is CCCN(C(=O)c1cc(Br)sc1Br)C1CCCNC1. The van der Waals surface area contributed by atoms with Crippen LogP contribution in [0.5, 0.6) is 0 Å². The smallest absolute Gasteiger partial charge is 0.256 e. The van der Waals surface area contributed by atoms with Crippen LogP contribution in [0, 0.1) is 0 Å². The van der Waals surface area contributed by atoms with E-state index in [0.717, 1.165) is 52.0 Å². The molecule has 1 fully saturated rings. The summed E-state index contributed by atoms with van der Waals surface area (Å²) in [6.45, 7) is 4.92. The van der Waals surface area contributed by atoms with Crippen molar-refractivity contribution in [3.8, 4) is 0 Å². The zero-order chi connectivity index (χ0) is 13.8. The van der Waals surface area contributed by atoms with E-state index in [2.05, 4.69) is 44.1 Å². The first-order valence-corrected chi connectivity index (χ1v) is 9.00. The molecule has 2 rings (SSSR count). The maximum atomic E-state index is 12.7. The van der Waals surface area contributed by atoms with E-state index in [4.69, 9.17) is 0 Å². The number of carbonyl (C=O) groups excluding carboxylic acids is 1. The molecule has 1 atom stereocenters. The Hall–Kier alpha value is 0.0900. The van der Waals surface area contributed by atoms with Gasteiger partial charge in [-0.05, 0) is 63.7 Å². The van der Waals surface area contributed by atoms with Gasteiger partial charge in [-0.1, -0.05) is 6.92 Å². The molecule has 1 saturated heterocycles. The first-order chi connectivity index (χ1) is 9.13. The molecular weight excluding hydrogens is 392 g/mol. The van der Waals surface area contributed by atoms with Crippen molar-refractivity contribution in [2.24, 2.45) is 0 Å². The van der Waals surface area contributed by atoms with Gasteiger partial charge in [0, 0.05) is 19.1 Å². The molecule has 2 heterocycles. The third-order valence-corrected chi connectivity index (χ3v) is 5.66. The molecule has 0 aliphatic carbocycles. The molecule has 0 aromatic carbocycles. The Morgan fingerprint density at radius 2 is 2.37 bits per heavy atom. The summed E-state index contributed by atoms with van der Waals surface area (Å²) in [7, 11) is 0. The Labute approximate surface area is 135 Å². The molecule has 1 N–H and O–H groups in total. The van der Waals surface area contributed by atoms with Crippen LogP contribution in [0.25, 0.3) is 0 Å². The molecule has 0 spiro atoms. The van der Waals surface area contributed by atoms with Gasteiger partial charge < -0.3 is 10.2 Å². The minimum Gasteiger partial charge on any atom is -0.334 e. The van der Waals surface area contributed by atoms with Crippen LogP contribution in [0.1, 0.15) is 36.5 Å². The standard InChI is InChI=1S/C13H18Br2N2OS/c1-2-6-17(9-4-3-5-16-8-9)13(18)10-7-11(14)19-12(10)15/h7,9,16H,2-6,8H2,1H3. The topological polar surface area (TPSA) is 32.3 Å². The number of rotatable bonds is 4. The van der Waals surface area contributed by atoms with Crippen LogP contribution < -0.4 is 5.32 Å². The number of hydrogen-bond donors (Lipinski definition) is 1. The Bertz CT molecular complexity index is 444. The summed E-state index contributed by atoms with van der Waals surface area (Å²) in [5, 5.41) is 3.39. The second-order valence-corrected chi connectivity index (χ2v) is 8.49. The first-order valence-electron chi connectivity index (χ1n) is 6.60. The third-order valence-electron chi connectivity index (χ3n) is 3.32. The van der Waals surface area contributed by atoms with Crippen LogP contribution in [-0.4, -0.2) is 36.5 Å². The molecule has 0 saturated carbocycles. The molecule has 1 aliphatic heterocycles. The lowest BCUT2D eigenvalue weighted by Crippen LogP contribution is -2.49. The van der Waals surface area contributed by atoms with Crippen molar-refractivity contribution in [1.82, 2.24) is 10.2 Å². The molecule has 106 valence electrons. The molecule has 1 aliphatic rings. The van der Waals surface area contributed by atoms with Gasteiger partial charge in [-0.15, -0.1) is 11.3 Å². The van der Waals surface area contributed by atoms with Crippen LogP contribution in [0.4, 0.5) is 0 Å². The molecule has 6 heteroatoms. The van der Waals surface area contributed by atoms with Gasteiger partial charge >= 0.3 is 0 Å². The van der Waals surface area contributed by atoms with Crippen LogP contribution >= 0.6 is 43.2 Å². The lowest BCUT2D eigenvalue weighted by Gasteiger charge is -2.34. The number of thiophene rings is 1. The zero-order valence-corrected chi connectivity index (χ0v) is 14.9. The van der Waals surface area contributed by atoms with Crippen LogP contribution in [-0.2, 0) is 0 Å². The van der Waals surface area contributed by atoms with E-state index in [1.165, 1.54) is 0 Å². The molecule has 3 nitrogen and oxygen atoms in total. The number of nitrogens with one attached hydrogen (secondary N) is 1. The van der Waals surface area contributed by atoms with Gasteiger partial charge in [0.15, 0.2) is 0 Å². The Kier molecular flexibility index (Phi) is 5.87. The van der Waals surface area contributed by atoms with Gasteiger partial charge in [-0.3, -0.25) is 4.79 Å². The largest absolute Gasteiger partial charge is 0.334 e. The fourth-order valence-electron chi connectivity index (χ4n) is 2.43. The highest BCUT2D eigenvalue weighted by Crippen LogP contribution is 2.33. The van der Waals surface area contributed by atoms with Gasteiger partial charge in [-0.2, -0.15) is 0 Å². The van der Waals surface area contributed by atoms with E-state index in [1.54, 1.807) is 11.3 Å². The number of halogens is 2. The van der Waals surface area contributed by atoms with Crippen molar-refractivity contribution in [3.63, 3.8) is 0 Å². The van der Waals surface area contributed by atoms with Crippen LogP contribution in [0.3, 0.4) is 0 Å². The summed E-state index contributed by atoms with van der Waals surface area (Å²) in [6, 6.07) is 2.24. The first kappa shape index (κ1) is 15.5. The molecular formula is C13H18Br2N2OS. The molecule has 1 aromatic rings. The van der Waals surface area contributed by atoms with Gasteiger partial charge in [0.05, 0.1) is 13.1 Å². The second kappa shape index (κ2) is 7.20. The summed E-state index contributed by atoms with van der Waals surface area (Å²) in [4.78, 5) is 14.8. The van der Waals surface area contributed by atoms with Gasteiger partial charge in [0.25, 0.3) is 5.91 Å². The predicted octanol–water partition coefficient (Wildman–Crippen LogP) is 3.88. The number of carbonyl (C=O) groups is 1. The second-order valence-electron chi connectivity index (χ2n) is 4.74. The Morgan fingerprint density at radius 1 is 1.58 bits per heavy atom. The lowest BCUT2D eigenvalue weighted by atomic mass is 10.0. The fourth-order valence-corrected chi connectivity index (χ4v) is 5.21. The molecule has 1 amide bonds. The zero-order valence-electron chi connectivity index (χ0n) is 10.9. The summed E-state index contributed by atoms with van der Waals surface area (Å²) in [6.07, 6.45) is 3.24. The van der Waals surface area contributed by atoms with Crippen LogP contribution in [0.15, 0.2) is 13.6 Å². The van der Waals surface area contributed by atoms with Crippen molar-refractivity contribution in [2.45, 2.75) is 32.2 Å². The van der Waals surface area contributed by atoms with E-state index in [-0.39, 0.29) is 5.91 Å². The molecule has 0 radical (unpaired) electrons. The molecule has 1 aromatic heterocycles. The van der Waals surface area contributed by atoms with E-state index in [9.17, 15) is 4.79 Å². The fraction of sp³-hybridized carbons (Fsp3) is 0.615. The molecule has 19 heavy (non-hydrogen) atoms. The maximum Gasteiger partial charge on any atom is 0.256 e. The monoisotopic (exact) mass is 408 g/mol. The van der Waals surface area contributed by atoms with Gasteiger partial charge in [0.2, 0.25) is 0 Å². The normalized spacial score (nSPS) is 19.4. The number of amides is 1. The molecule has 1 unspecified atom stereocenters. The van der Waals surface area contributed by atoms with Crippen molar-refractivity contribution < 1.29 is 4.79 Å². The van der Waals surface area contributed by atoms with Gasteiger partial charge in [0.1, 0.15) is 0 Å². The number of piperidine rings is 1. The highest BCUT2D eigenvalue weighted by molar-refractivity contribution is 9.12. The predicted molar refractivity (Wildman–Crippen MR) is 86.9 cm³/mol. The molecule has 0 bridgehead atoms. The Balaban J connectivity index is 2.17. The van der Waals surface area contributed by atoms with Crippen LogP contribution in [0.2, 0.25) is 0 Å². The van der Waals surface area contributed by atoms with E-state index < -0.39 is 0 Å². The van der Waals surface area contributed by atoms with Crippen molar-refractivity contribution >= 4 is 49.1 Å². The quantitative estimate of drug-likeness (QED) is 0.818. The number of nitrogens with zero attached hydrogens (tertiary/aromatic N) is 1. The summed E-state index contributed by atoms with van der Waals surface area (Å²) in [5.41, 5.74) is 0.774. The average molecular weight is 410 g/mol. The average Bonchev–Trinajstić information content (AvgIpc) is 2.75. The summed E-state index contributed by atoms with van der Waals surface area (Å²) >= 11 is 8.48. The highest BCUT2D eigenvalue weighted by Gasteiger charge is 2.27. The van der Waals surface area contributed by atoms with E-state index >= 15 is 0 Å². The number of hydrogen-bond acceptors (Lipinski definition) is 3. The highest BCUT2D eigenvalue weighted by atomic mass is 79.9. The lowest BCUT2D eigenvalue weighted by molar-refractivity contribution is 0.0648. The summed E-state index contributed by atoms with van der Waals surface area (Å²) < 4.78 is 1.90. The minimum atomic E-state index is 0.143. The minimum absolute atomic E-state index is 0.143. The van der Waals surface area contributed by atoms with Crippen molar-refractivity contribution in [3.05, 3.63) is 19.2 Å². The third kappa shape index (κ3) is 3.80.